The number of hydrogen-bond acceptors (Lipinski definition) is 2. The molecular formula is C24H30N2O2S. The van der Waals surface area contributed by atoms with Gasteiger partial charge in [0, 0.05) is 23.1 Å². The van der Waals surface area contributed by atoms with E-state index in [9.17, 15) is 8.42 Å². The molecule has 0 spiro atoms. The number of unbranched alkanes of at least 4 members (excludes halogenated alkanes) is 2. The van der Waals surface area contributed by atoms with Crippen molar-refractivity contribution in [2.75, 3.05) is 6.54 Å². The van der Waals surface area contributed by atoms with Crippen molar-refractivity contribution in [3.63, 3.8) is 0 Å². The number of fused-ring (bicyclic) bond motifs is 3. The SMILES string of the molecule is CCCCCc1ccc(S(=O)(=O)N2CCc3c([nH]c4ccccc34)C2CC)cc1. The number of aromatic amines is 1. The Kier molecular flexibility index (Phi) is 5.79. The molecule has 5 heteroatoms. The van der Waals surface area contributed by atoms with Crippen molar-refractivity contribution in [3.8, 4) is 0 Å². The Morgan fingerprint density at radius 3 is 2.52 bits per heavy atom. The highest BCUT2D eigenvalue weighted by atomic mass is 32.2. The molecule has 0 saturated heterocycles. The van der Waals surface area contributed by atoms with E-state index in [4.69, 9.17) is 0 Å². The van der Waals surface area contributed by atoms with Crippen LogP contribution in [-0.2, 0) is 22.9 Å². The third-order valence-electron chi connectivity index (χ3n) is 6.10. The summed E-state index contributed by atoms with van der Waals surface area (Å²) >= 11 is 0. The molecule has 1 aromatic heterocycles. The summed E-state index contributed by atoms with van der Waals surface area (Å²) in [5.74, 6) is 0. The van der Waals surface area contributed by atoms with Crippen LogP contribution in [-0.4, -0.2) is 24.3 Å². The van der Waals surface area contributed by atoms with Crippen molar-refractivity contribution >= 4 is 20.9 Å². The van der Waals surface area contributed by atoms with E-state index in [1.165, 1.54) is 29.4 Å². The molecule has 0 fully saturated rings. The lowest BCUT2D eigenvalue weighted by molar-refractivity contribution is 0.297. The van der Waals surface area contributed by atoms with Crippen molar-refractivity contribution in [1.82, 2.24) is 9.29 Å². The lowest BCUT2D eigenvalue weighted by atomic mass is 9.98. The van der Waals surface area contributed by atoms with Crippen LogP contribution in [0.2, 0.25) is 0 Å². The maximum absolute atomic E-state index is 13.5. The van der Waals surface area contributed by atoms with Crippen LogP contribution in [0.25, 0.3) is 10.9 Å². The van der Waals surface area contributed by atoms with E-state index in [0.717, 1.165) is 36.9 Å². The average Bonchev–Trinajstić information content (AvgIpc) is 3.12. The van der Waals surface area contributed by atoms with Gasteiger partial charge in [-0.1, -0.05) is 57.0 Å². The number of nitrogens with zero attached hydrogens (tertiary/aromatic N) is 1. The number of H-pyrrole nitrogens is 1. The Hall–Kier alpha value is -2.11. The zero-order valence-corrected chi connectivity index (χ0v) is 18.1. The molecule has 0 aliphatic carbocycles. The zero-order chi connectivity index (χ0) is 20.4. The van der Waals surface area contributed by atoms with Gasteiger partial charge >= 0.3 is 0 Å². The van der Waals surface area contributed by atoms with E-state index < -0.39 is 10.0 Å². The molecule has 29 heavy (non-hydrogen) atoms. The van der Waals surface area contributed by atoms with E-state index in [1.54, 1.807) is 16.4 Å². The lowest BCUT2D eigenvalue weighted by Crippen LogP contribution is -2.39. The topological polar surface area (TPSA) is 53.2 Å². The summed E-state index contributed by atoms with van der Waals surface area (Å²) in [5.41, 5.74) is 4.62. The van der Waals surface area contributed by atoms with E-state index in [0.29, 0.717) is 11.4 Å². The third kappa shape index (κ3) is 3.74. The summed E-state index contributed by atoms with van der Waals surface area (Å²) in [5, 5.41) is 1.22. The number of nitrogens with one attached hydrogen (secondary N) is 1. The summed E-state index contributed by atoms with van der Waals surface area (Å²) in [6, 6.07) is 15.6. The van der Waals surface area contributed by atoms with Gasteiger partial charge in [-0.05, 0) is 55.0 Å². The lowest BCUT2D eigenvalue weighted by Gasteiger charge is -2.34. The summed E-state index contributed by atoms with van der Waals surface area (Å²) in [7, 11) is -3.53. The smallest absolute Gasteiger partial charge is 0.243 e. The molecule has 154 valence electrons. The van der Waals surface area contributed by atoms with E-state index in [-0.39, 0.29) is 6.04 Å². The first-order valence-corrected chi connectivity index (χ1v) is 12.2. The molecule has 1 aliphatic rings. The van der Waals surface area contributed by atoms with Crippen LogP contribution in [0.1, 0.15) is 62.4 Å². The van der Waals surface area contributed by atoms with Gasteiger partial charge in [0.15, 0.2) is 0 Å². The minimum Gasteiger partial charge on any atom is -0.357 e. The molecule has 2 heterocycles. The Morgan fingerprint density at radius 2 is 1.79 bits per heavy atom. The highest BCUT2D eigenvalue weighted by Gasteiger charge is 2.37. The fourth-order valence-corrected chi connectivity index (χ4v) is 6.21. The zero-order valence-electron chi connectivity index (χ0n) is 17.3. The van der Waals surface area contributed by atoms with Crippen LogP contribution in [0.15, 0.2) is 53.4 Å². The van der Waals surface area contributed by atoms with Gasteiger partial charge in [-0.25, -0.2) is 8.42 Å². The molecule has 0 saturated carbocycles. The van der Waals surface area contributed by atoms with Crippen LogP contribution in [0.3, 0.4) is 0 Å². The first-order valence-electron chi connectivity index (χ1n) is 10.8. The number of aryl methyl sites for hydroxylation is 1. The van der Waals surface area contributed by atoms with E-state index in [2.05, 4.69) is 31.0 Å². The second kappa shape index (κ2) is 8.33. The molecule has 0 bridgehead atoms. The minimum atomic E-state index is -3.53. The van der Waals surface area contributed by atoms with Crippen molar-refractivity contribution in [2.45, 2.75) is 63.3 Å². The quantitative estimate of drug-likeness (QED) is 0.516. The maximum atomic E-state index is 13.5. The van der Waals surface area contributed by atoms with Gasteiger partial charge in [0.05, 0.1) is 10.9 Å². The molecule has 0 radical (unpaired) electrons. The molecule has 2 aromatic carbocycles. The monoisotopic (exact) mass is 410 g/mol. The maximum Gasteiger partial charge on any atom is 0.243 e. The molecule has 4 nitrogen and oxygen atoms in total. The molecule has 3 aromatic rings. The molecule has 4 rings (SSSR count). The average molecular weight is 411 g/mol. The van der Waals surface area contributed by atoms with Gasteiger partial charge in [-0.15, -0.1) is 0 Å². The summed E-state index contributed by atoms with van der Waals surface area (Å²) < 4.78 is 28.6. The number of benzene rings is 2. The number of sulfonamides is 1. The number of hydrogen-bond donors (Lipinski definition) is 1. The summed E-state index contributed by atoms with van der Waals surface area (Å²) in [6.45, 7) is 4.77. The summed E-state index contributed by atoms with van der Waals surface area (Å²) in [6.07, 6.45) is 6.04. The minimum absolute atomic E-state index is 0.152. The standard InChI is InChI=1S/C24H30N2O2S/c1-3-5-6-9-18-12-14-19(15-13-18)29(27,28)26-17-16-21-20-10-7-8-11-22(20)25-24(21)23(26)4-2/h7-8,10-15,23,25H,3-6,9,16-17H2,1-2H3. The van der Waals surface area contributed by atoms with Crippen molar-refractivity contribution in [2.24, 2.45) is 0 Å². The molecule has 0 amide bonds. The van der Waals surface area contributed by atoms with Crippen LogP contribution < -0.4 is 0 Å². The van der Waals surface area contributed by atoms with Crippen LogP contribution in [0.5, 0.6) is 0 Å². The second-order valence-electron chi connectivity index (χ2n) is 7.95. The molecule has 1 aliphatic heterocycles. The molecular weight excluding hydrogens is 380 g/mol. The van der Waals surface area contributed by atoms with Crippen LogP contribution in [0.4, 0.5) is 0 Å². The van der Waals surface area contributed by atoms with Gasteiger partial charge in [-0.2, -0.15) is 4.31 Å². The molecule has 1 N–H and O–H groups in total. The highest BCUT2D eigenvalue weighted by molar-refractivity contribution is 7.89. The van der Waals surface area contributed by atoms with Crippen LogP contribution >= 0.6 is 0 Å². The molecule has 1 atom stereocenters. The van der Waals surface area contributed by atoms with Crippen LogP contribution in [0, 0.1) is 0 Å². The Balaban J connectivity index is 1.63. The third-order valence-corrected chi connectivity index (χ3v) is 8.02. The molecule has 1 unspecified atom stereocenters. The first kappa shape index (κ1) is 20.2. The van der Waals surface area contributed by atoms with E-state index in [1.807, 2.05) is 24.3 Å². The van der Waals surface area contributed by atoms with Crippen molar-refractivity contribution in [3.05, 3.63) is 65.4 Å². The van der Waals surface area contributed by atoms with Gasteiger partial charge in [0.25, 0.3) is 0 Å². The van der Waals surface area contributed by atoms with Gasteiger partial charge < -0.3 is 4.98 Å². The Labute approximate surface area is 174 Å². The fraction of sp³-hybridized carbons (Fsp3) is 0.417. The van der Waals surface area contributed by atoms with Gasteiger partial charge in [0.1, 0.15) is 0 Å². The van der Waals surface area contributed by atoms with Crippen molar-refractivity contribution in [1.29, 1.82) is 0 Å². The second-order valence-corrected chi connectivity index (χ2v) is 9.84. The van der Waals surface area contributed by atoms with Gasteiger partial charge in [-0.3, -0.25) is 0 Å². The predicted molar refractivity (Wildman–Crippen MR) is 119 cm³/mol. The highest BCUT2D eigenvalue weighted by Crippen LogP contribution is 2.39. The number of para-hydroxylation sites is 1. The van der Waals surface area contributed by atoms with Crippen molar-refractivity contribution < 1.29 is 8.42 Å². The van der Waals surface area contributed by atoms with Gasteiger partial charge in [0.2, 0.25) is 10.0 Å². The summed E-state index contributed by atoms with van der Waals surface area (Å²) in [4.78, 5) is 3.90. The number of aromatic nitrogens is 1. The Bertz CT molecular complexity index is 1080. The predicted octanol–water partition coefficient (Wildman–Crippen LogP) is 5.60. The normalized spacial score (nSPS) is 17.5. The largest absolute Gasteiger partial charge is 0.357 e. The first-order chi connectivity index (χ1) is 14.1. The fourth-order valence-electron chi connectivity index (χ4n) is 4.53. The number of rotatable bonds is 7. The van der Waals surface area contributed by atoms with E-state index >= 15 is 0 Å². The Morgan fingerprint density at radius 1 is 1.03 bits per heavy atom.